The third-order valence-corrected chi connectivity index (χ3v) is 3.74. The zero-order chi connectivity index (χ0) is 19.3. The minimum Gasteiger partial charge on any atom is -0.326 e. The van der Waals surface area contributed by atoms with E-state index in [2.05, 4.69) is 10.6 Å². The van der Waals surface area contributed by atoms with Crippen molar-refractivity contribution in [1.82, 2.24) is 0 Å². The average molecular weight is 394 g/mol. The van der Waals surface area contributed by atoms with E-state index >= 15 is 0 Å². The molecule has 0 bridgehead atoms. The molecule has 0 spiro atoms. The van der Waals surface area contributed by atoms with Crippen LogP contribution < -0.4 is 15.5 Å². The van der Waals surface area contributed by atoms with Gasteiger partial charge in [0.25, 0.3) is 0 Å². The van der Waals surface area contributed by atoms with Gasteiger partial charge in [-0.2, -0.15) is 0 Å². The zero-order valence-electron chi connectivity index (χ0n) is 14.2. The summed E-state index contributed by atoms with van der Waals surface area (Å²) in [5.41, 5.74) is 1.48. The standard InChI is InChI=1S/C18H17Cl2N3O3/c1-11(24)21-15-4-3-5-16(9-15)22-18(26)10-23(12(2)25)17-7-13(19)6-14(20)8-17/h3-9H,10H2,1-2H3,(H,21,24)(H,22,26). The Morgan fingerprint density at radius 2 is 1.50 bits per heavy atom. The highest BCUT2D eigenvalue weighted by molar-refractivity contribution is 6.35. The molecule has 0 unspecified atom stereocenters. The number of carbonyl (C=O) groups excluding carboxylic acids is 3. The first-order chi connectivity index (χ1) is 12.2. The van der Waals surface area contributed by atoms with E-state index in [9.17, 15) is 14.4 Å². The molecule has 2 N–H and O–H groups in total. The lowest BCUT2D eigenvalue weighted by Gasteiger charge is -2.21. The fraction of sp³-hybridized carbons (Fsp3) is 0.167. The molecule has 2 aromatic rings. The van der Waals surface area contributed by atoms with Crippen molar-refractivity contribution in [3.8, 4) is 0 Å². The number of nitrogens with zero attached hydrogens (tertiary/aromatic N) is 1. The van der Waals surface area contributed by atoms with Gasteiger partial charge in [-0.1, -0.05) is 29.3 Å². The maximum atomic E-state index is 12.3. The topological polar surface area (TPSA) is 78.5 Å². The monoisotopic (exact) mass is 393 g/mol. The number of nitrogens with one attached hydrogen (secondary N) is 2. The van der Waals surface area contributed by atoms with Gasteiger partial charge >= 0.3 is 0 Å². The number of hydrogen-bond donors (Lipinski definition) is 2. The van der Waals surface area contributed by atoms with Gasteiger partial charge in [-0.25, -0.2) is 0 Å². The number of carbonyl (C=O) groups is 3. The van der Waals surface area contributed by atoms with Gasteiger partial charge in [-0.05, 0) is 36.4 Å². The summed E-state index contributed by atoms with van der Waals surface area (Å²) in [5.74, 6) is -0.948. The highest BCUT2D eigenvalue weighted by atomic mass is 35.5. The fourth-order valence-corrected chi connectivity index (χ4v) is 2.82. The Morgan fingerprint density at radius 3 is 2.04 bits per heavy atom. The van der Waals surface area contributed by atoms with Crippen LogP contribution in [-0.4, -0.2) is 24.3 Å². The Hall–Kier alpha value is -2.57. The van der Waals surface area contributed by atoms with Crippen LogP contribution in [-0.2, 0) is 14.4 Å². The van der Waals surface area contributed by atoms with E-state index in [4.69, 9.17) is 23.2 Å². The van der Waals surface area contributed by atoms with E-state index in [0.717, 1.165) is 0 Å². The molecule has 8 heteroatoms. The summed E-state index contributed by atoms with van der Waals surface area (Å²) in [5, 5.41) is 6.05. The summed E-state index contributed by atoms with van der Waals surface area (Å²) in [7, 11) is 0. The molecule has 3 amide bonds. The third kappa shape index (κ3) is 5.75. The van der Waals surface area contributed by atoms with Crippen LogP contribution in [0.5, 0.6) is 0 Å². The van der Waals surface area contributed by atoms with Crippen molar-refractivity contribution in [2.45, 2.75) is 13.8 Å². The molecule has 0 fully saturated rings. The van der Waals surface area contributed by atoms with Crippen molar-refractivity contribution in [3.05, 3.63) is 52.5 Å². The molecule has 0 aliphatic carbocycles. The predicted molar refractivity (Wildman–Crippen MR) is 104 cm³/mol. The first-order valence-electron chi connectivity index (χ1n) is 7.66. The second-order valence-corrected chi connectivity index (χ2v) is 6.42. The lowest BCUT2D eigenvalue weighted by molar-refractivity contribution is -0.120. The fourth-order valence-electron chi connectivity index (χ4n) is 2.30. The summed E-state index contributed by atoms with van der Waals surface area (Å²) in [6, 6.07) is 11.3. The van der Waals surface area contributed by atoms with Gasteiger partial charge in [0.15, 0.2) is 0 Å². The normalized spacial score (nSPS) is 10.2. The number of benzene rings is 2. The Morgan fingerprint density at radius 1 is 0.923 bits per heavy atom. The van der Waals surface area contributed by atoms with Crippen LogP contribution in [0.15, 0.2) is 42.5 Å². The maximum Gasteiger partial charge on any atom is 0.244 e. The number of amides is 3. The van der Waals surface area contributed by atoms with Gasteiger partial charge in [-0.15, -0.1) is 0 Å². The van der Waals surface area contributed by atoms with Gasteiger partial charge in [0.1, 0.15) is 6.54 Å². The molecule has 0 radical (unpaired) electrons. The Bertz CT molecular complexity index is 835. The van der Waals surface area contributed by atoms with Gasteiger partial charge in [0, 0.05) is 41.0 Å². The van der Waals surface area contributed by atoms with Gasteiger partial charge in [0.05, 0.1) is 0 Å². The van der Waals surface area contributed by atoms with E-state index < -0.39 is 5.91 Å². The molecule has 0 heterocycles. The van der Waals surface area contributed by atoms with E-state index in [1.807, 2.05) is 0 Å². The lowest BCUT2D eigenvalue weighted by atomic mass is 10.2. The molecule has 0 aliphatic rings. The number of halogens is 2. The first kappa shape index (κ1) is 19.8. The summed E-state index contributed by atoms with van der Waals surface area (Å²) in [4.78, 5) is 36.7. The highest BCUT2D eigenvalue weighted by Gasteiger charge is 2.17. The molecule has 0 aliphatic heterocycles. The van der Waals surface area contributed by atoms with Crippen LogP contribution in [0.1, 0.15) is 13.8 Å². The Balaban J connectivity index is 2.13. The van der Waals surface area contributed by atoms with E-state index in [1.165, 1.54) is 18.7 Å². The second-order valence-electron chi connectivity index (χ2n) is 5.54. The molecule has 0 saturated carbocycles. The molecule has 2 rings (SSSR count). The zero-order valence-corrected chi connectivity index (χ0v) is 15.7. The van der Waals surface area contributed by atoms with Crippen molar-refractivity contribution in [2.75, 3.05) is 22.1 Å². The summed E-state index contributed by atoms with van der Waals surface area (Å²) in [6.07, 6.45) is 0. The lowest BCUT2D eigenvalue weighted by Crippen LogP contribution is -2.36. The SMILES string of the molecule is CC(=O)Nc1cccc(NC(=O)CN(C(C)=O)c2cc(Cl)cc(Cl)c2)c1. The van der Waals surface area contributed by atoms with Gasteiger partial charge in [-0.3, -0.25) is 14.4 Å². The summed E-state index contributed by atoms with van der Waals surface area (Å²) >= 11 is 11.9. The molecule has 136 valence electrons. The number of hydrogen-bond acceptors (Lipinski definition) is 3. The van der Waals surface area contributed by atoms with Crippen LogP contribution in [0.2, 0.25) is 10.0 Å². The van der Waals surface area contributed by atoms with Crippen LogP contribution in [0.4, 0.5) is 17.1 Å². The minimum absolute atomic E-state index is 0.212. The van der Waals surface area contributed by atoms with Crippen LogP contribution in [0.25, 0.3) is 0 Å². The van der Waals surface area contributed by atoms with Gasteiger partial charge in [0.2, 0.25) is 17.7 Å². The molecular weight excluding hydrogens is 377 g/mol. The Labute approximate surface area is 161 Å². The van der Waals surface area contributed by atoms with E-state index in [-0.39, 0.29) is 18.4 Å². The largest absolute Gasteiger partial charge is 0.326 e. The molecular formula is C18H17Cl2N3O3. The number of rotatable bonds is 5. The first-order valence-corrected chi connectivity index (χ1v) is 8.42. The van der Waals surface area contributed by atoms with E-state index in [0.29, 0.717) is 27.1 Å². The van der Waals surface area contributed by atoms with Crippen molar-refractivity contribution in [1.29, 1.82) is 0 Å². The van der Waals surface area contributed by atoms with Crippen LogP contribution >= 0.6 is 23.2 Å². The maximum absolute atomic E-state index is 12.3. The van der Waals surface area contributed by atoms with Crippen molar-refractivity contribution in [2.24, 2.45) is 0 Å². The van der Waals surface area contributed by atoms with Crippen molar-refractivity contribution >= 4 is 58.0 Å². The summed E-state index contributed by atoms with van der Waals surface area (Å²) in [6.45, 7) is 2.53. The number of anilines is 3. The highest BCUT2D eigenvalue weighted by Crippen LogP contribution is 2.25. The molecule has 2 aromatic carbocycles. The van der Waals surface area contributed by atoms with Crippen molar-refractivity contribution < 1.29 is 14.4 Å². The quantitative estimate of drug-likeness (QED) is 0.806. The van der Waals surface area contributed by atoms with Crippen molar-refractivity contribution in [3.63, 3.8) is 0 Å². The average Bonchev–Trinajstić information content (AvgIpc) is 2.51. The predicted octanol–water partition coefficient (Wildman–Crippen LogP) is 3.94. The smallest absolute Gasteiger partial charge is 0.244 e. The van der Waals surface area contributed by atoms with E-state index in [1.54, 1.807) is 42.5 Å². The molecule has 6 nitrogen and oxygen atoms in total. The second kappa shape index (κ2) is 8.69. The Kier molecular flexibility index (Phi) is 6.60. The molecule has 0 saturated heterocycles. The molecule has 0 atom stereocenters. The molecule has 0 aromatic heterocycles. The molecule has 26 heavy (non-hydrogen) atoms. The van der Waals surface area contributed by atoms with Gasteiger partial charge < -0.3 is 15.5 Å². The van der Waals surface area contributed by atoms with Crippen LogP contribution in [0, 0.1) is 0 Å². The minimum atomic E-state index is -0.406. The van der Waals surface area contributed by atoms with Crippen LogP contribution in [0.3, 0.4) is 0 Å². The third-order valence-electron chi connectivity index (χ3n) is 3.31. The summed E-state index contributed by atoms with van der Waals surface area (Å²) < 4.78 is 0.